The second-order valence-corrected chi connectivity index (χ2v) is 6.67. The van der Waals surface area contributed by atoms with Crippen LogP contribution >= 0.6 is 0 Å². The number of aryl methyl sites for hydroxylation is 2. The average molecular weight is 382 g/mol. The molecule has 0 aliphatic rings. The first-order chi connectivity index (χ1) is 13.3. The zero-order chi connectivity index (χ0) is 20.4. The molecule has 0 atom stereocenters. The number of nitrogens with zero attached hydrogens (tertiary/aromatic N) is 4. The van der Waals surface area contributed by atoms with Crippen LogP contribution in [0.1, 0.15) is 16.1 Å². The largest absolute Gasteiger partial charge is 0.492 e. The number of amides is 1. The van der Waals surface area contributed by atoms with Gasteiger partial charge in [-0.15, -0.1) is 0 Å². The Morgan fingerprint density at radius 2 is 1.89 bits per heavy atom. The predicted octanol–water partition coefficient (Wildman–Crippen LogP) is 1.09. The monoisotopic (exact) mass is 382 g/mol. The Morgan fingerprint density at radius 1 is 1.14 bits per heavy atom. The molecule has 0 unspecified atom stereocenters. The maximum absolute atomic E-state index is 12.7. The van der Waals surface area contributed by atoms with Crippen LogP contribution in [0.2, 0.25) is 0 Å². The summed E-state index contributed by atoms with van der Waals surface area (Å²) >= 11 is 0. The van der Waals surface area contributed by atoms with Gasteiger partial charge in [0, 0.05) is 21.1 Å². The predicted molar refractivity (Wildman–Crippen MR) is 106 cm³/mol. The van der Waals surface area contributed by atoms with Crippen molar-refractivity contribution in [2.45, 2.75) is 6.92 Å². The summed E-state index contributed by atoms with van der Waals surface area (Å²) in [5.74, 6) is 0.429. The summed E-state index contributed by atoms with van der Waals surface area (Å²) in [7, 11) is 4.58. The Labute approximate surface area is 161 Å². The summed E-state index contributed by atoms with van der Waals surface area (Å²) in [5, 5.41) is 0.284. The molecule has 8 nitrogen and oxygen atoms in total. The topological polar surface area (TPSA) is 86.4 Å². The first-order valence-electron chi connectivity index (χ1n) is 8.81. The highest BCUT2D eigenvalue weighted by Crippen LogP contribution is 2.12. The van der Waals surface area contributed by atoms with E-state index in [0.29, 0.717) is 13.2 Å². The molecule has 3 rings (SSSR count). The summed E-state index contributed by atoms with van der Waals surface area (Å²) in [4.78, 5) is 42.7. The van der Waals surface area contributed by atoms with Gasteiger partial charge in [0.2, 0.25) is 0 Å². The SMILES string of the molecule is Cc1cccc(OCCN(C)C(=O)c2ccc3c(=O)n(C)c(=O)n(C)c3n2)c1. The molecule has 0 saturated carbocycles. The molecule has 2 aromatic heterocycles. The van der Waals surface area contributed by atoms with Crippen LogP contribution in [0.4, 0.5) is 0 Å². The van der Waals surface area contributed by atoms with Crippen molar-refractivity contribution >= 4 is 16.9 Å². The van der Waals surface area contributed by atoms with Gasteiger partial charge < -0.3 is 9.64 Å². The van der Waals surface area contributed by atoms with E-state index < -0.39 is 11.2 Å². The minimum absolute atomic E-state index is 0.161. The van der Waals surface area contributed by atoms with Crippen molar-refractivity contribution in [3.8, 4) is 5.75 Å². The number of rotatable bonds is 5. The van der Waals surface area contributed by atoms with E-state index in [-0.39, 0.29) is 22.6 Å². The molecule has 0 bridgehead atoms. The first-order valence-corrected chi connectivity index (χ1v) is 8.81. The van der Waals surface area contributed by atoms with Crippen molar-refractivity contribution in [3.05, 3.63) is 68.5 Å². The van der Waals surface area contributed by atoms with Crippen LogP contribution in [0.3, 0.4) is 0 Å². The van der Waals surface area contributed by atoms with E-state index in [0.717, 1.165) is 15.9 Å². The molecule has 2 heterocycles. The molecule has 0 spiro atoms. The molecule has 3 aromatic rings. The maximum atomic E-state index is 12.7. The molecule has 0 fully saturated rings. The van der Waals surface area contributed by atoms with Gasteiger partial charge in [0.15, 0.2) is 0 Å². The van der Waals surface area contributed by atoms with Gasteiger partial charge in [-0.1, -0.05) is 12.1 Å². The van der Waals surface area contributed by atoms with Crippen molar-refractivity contribution in [1.82, 2.24) is 19.0 Å². The summed E-state index contributed by atoms with van der Waals surface area (Å²) < 4.78 is 7.95. The lowest BCUT2D eigenvalue weighted by molar-refractivity contribution is 0.0768. The molecule has 0 radical (unpaired) electrons. The Morgan fingerprint density at radius 3 is 2.61 bits per heavy atom. The highest BCUT2D eigenvalue weighted by atomic mass is 16.5. The van der Waals surface area contributed by atoms with E-state index in [2.05, 4.69) is 4.98 Å². The minimum atomic E-state index is -0.491. The molecular formula is C20H22N4O4. The van der Waals surface area contributed by atoms with Crippen LogP contribution in [-0.4, -0.2) is 45.1 Å². The van der Waals surface area contributed by atoms with E-state index in [1.807, 2.05) is 31.2 Å². The van der Waals surface area contributed by atoms with Crippen LogP contribution < -0.4 is 16.0 Å². The third-order valence-corrected chi connectivity index (χ3v) is 4.55. The number of fused-ring (bicyclic) bond motifs is 1. The fourth-order valence-electron chi connectivity index (χ4n) is 2.88. The highest BCUT2D eigenvalue weighted by Gasteiger charge is 2.16. The smallest absolute Gasteiger partial charge is 0.332 e. The van der Waals surface area contributed by atoms with Crippen molar-refractivity contribution in [2.75, 3.05) is 20.2 Å². The van der Waals surface area contributed by atoms with E-state index >= 15 is 0 Å². The van der Waals surface area contributed by atoms with Crippen LogP contribution in [0, 0.1) is 6.92 Å². The quantitative estimate of drug-likeness (QED) is 0.659. The number of ether oxygens (including phenoxy) is 1. The van der Waals surface area contributed by atoms with E-state index in [1.165, 1.54) is 35.7 Å². The number of hydrogen-bond donors (Lipinski definition) is 0. The normalized spacial score (nSPS) is 10.9. The number of hydrogen-bond acceptors (Lipinski definition) is 5. The van der Waals surface area contributed by atoms with Gasteiger partial charge in [-0.05, 0) is 36.8 Å². The Balaban J connectivity index is 1.77. The lowest BCUT2D eigenvalue weighted by Gasteiger charge is -2.17. The third-order valence-electron chi connectivity index (χ3n) is 4.55. The molecule has 8 heteroatoms. The summed E-state index contributed by atoms with van der Waals surface area (Å²) in [6, 6.07) is 10.7. The fraction of sp³-hybridized carbons (Fsp3) is 0.300. The number of likely N-dealkylation sites (N-methyl/N-ethyl adjacent to an activating group) is 1. The van der Waals surface area contributed by atoms with Crippen molar-refractivity contribution in [2.24, 2.45) is 14.1 Å². The van der Waals surface area contributed by atoms with Crippen LogP contribution in [0.15, 0.2) is 46.0 Å². The summed E-state index contributed by atoms with van der Waals surface area (Å²) in [6.07, 6.45) is 0. The van der Waals surface area contributed by atoms with Gasteiger partial charge in [-0.3, -0.25) is 18.7 Å². The van der Waals surface area contributed by atoms with E-state index in [4.69, 9.17) is 4.74 Å². The highest BCUT2D eigenvalue weighted by molar-refractivity contribution is 5.94. The Hall–Kier alpha value is -3.42. The number of pyridine rings is 1. The number of carbonyl (C=O) groups is 1. The number of benzene rings is 1. The molecule has 1 aromatic carbocycles. The summed E-state index contributed by atoms with van der Waals surface area (Å²) in [6.45, 7) is 2.68. The van der Waals surface area contributed by atoms with Crippen LogP contribution in [-0.2, 0) is 14.1 Å². The second-order valence-electron chi connectivity index (χ2n) is 6.67. The molecule has 0 aliphatic carbocycles. The van der Waals surface area contributed by atoms with Gasteiger partial charge in [-0.2, -0.15) is 0 Å². The van der Waals surface area contributed by atoms with Gasteiger partial charge in [0.25, 0.3) is 11.5 Å². The van der Waals surface area contributed by atoms with Crippen LogP contribution in [0.25, 0.3) is 11.0 Å². The zero-order valence-electron chi connectivity index (χ0n) is 16.3. The first kappa shape index (κ1) is 19.3. The fourth-order valence-corrected chi connectivity index (χ4v) is 2.88. The van der Waals surface area contributed by atoms with Crippen molar-refractivity contribution in [3.63, 3.8) is 0 Å². The molecule has 0 N–H and O–H groups in total. The molecule has 0 saturated heterocycles. The lowest BCUT2D eigenvalue weighted by atomic mass is 10.2. The average Bonchev–Trinajstić information content (AvgIpc) is 2.69. The lowest BCUT2D eigenvalue weighted by Crippen LogP contribution is -2.38. The molecule has 28 heavy (non-hydrogen) atoms. The van der Waals surface area contributed by atoms with Gasteiger partial charge >= 0.3 is 5.69 Å². The minimum Gasteiger partial charge on any atom is -0.492 e. The van der Waals surface area contributed by atoms with Gasteiger partial charge in [-0.25, -0.2) is 9.78 Å². The van der Waals surface area contributed by atoms with Crippen molar-refractivity contribution in [1.29, 1.82) is 0 Å². The standard InChI is InChI=1S/C20H22N4O4/c1-13-6-5-7-14(12-13)28-11-10-22(2)19(26)16-9-8-15-17(21-16)23(3)20(27)24(4)18(15)25/h5-9,12H,10-11H2,1-4H3. The third kappa shape index (κ3) is 3.66. The Bertz CT molecular complexity index is 1160. The molecule has 146 valence electrons. The van der Waals surface area contributed by atoms with Gasteiger partial charge in [0.05, 0.1) is 11.9 Å². The molecule has 1 amide bonds. The van der Waals surface area contributed by atoms with E-state index in [9.17, 15) is 14.4 Å². The maximum Gasteiger partial charge on any atom is 0.332 e. The second kappa shape index (κ2) is 7.67. The number of carbonyl (C=O) groups excluding carboxylic acids is 1. The zero-order valence-corrected chi connectivity index (χ0v) is 16.3. The van der Waals surface area contributed by atoms with Gasteiger partial charge in [0.1, 0.15) is 23.7 Å². The van der Waals surface area contributed by atoms with Crippen molar-refractivity contribution < 1.29 is 9.53 Å². The molecular weight excluding hydrogens is 360 g/mol. The van der Waals surface area contributed by atoms with E-state index in [1.54, 1.807) is 7.05 Å². The summed E-state index contributed by atoms with van der Waals surface area (Å²) in [5.41, 5.74) is 0.509. The van der Waals surface area contributed by atoms with Crippen LogP contribution in [0.5, 0.6) is 5.75 Å². The molecule has 0 aliphatic heterocycles. The Kier molecular flexibility index (Phi) is 5.30. The number of aromatic nitrogens is 3.